The van der Waals surface area contributed by atoms with Gasteiger partial charge in [-0.2, -0.15) is 0 Å². The lowest BCUT2D eigenvalue weighted by molar-refractivity contribution is 0.474. The molecule has 2 N–H and O–H groups in total. The van der Waals surface area contributed by atoms with Crippen LogP contribution in [-0.4, -0.2) is 11.1 Å². The number of nitrogens with one attached hydrogen (secondary N) is 1. The number of benzene rings is 1. The van der Waals surface area contributed by atoms with Crippen LogP contribution in [0.15, 0.2) is 18.2 Å². The van der Waals surface area contributed by atoms with Crippen LogP contribution in [0, 0.1) is 0 Å². The van der Waals surface area contributed by atoms with E-state index in [2.05, 4.69) is 19.2 Å². The van der Waals surface area contributed by atoms with Gasteiger partial charge in [0.05, 0.1) is 5.02 Å². The van der Waals surface area contributed by atoms with Crippen molar-refractivity contribution in [2.45, 2.75) is 26.4 Å². The molecule has 3 heteroatoms. The molecule has 0 heterocycles. The quantitative estimate of drug-likeness (QED) is 0.784. The fourth-order valence-corrected chi connectivity index (χ4v) is 1.11. The van der Waals surface area contributed by atoms with Gasteiger partial charge in [0.2, 0.25) is 0 Å². The molecule has 0 saturated heterocycles. The number of rotatable bonds is 3. The molecule has 0 bridgehead atoms. The largest absolute Gasteiger partial charge is 0.506 e. The fourth-order valence-electron chi connectivity index (χ4n) is 0.990. The third-order valence-corrected chi connectivity index (χ3v) is 2.04. The molecule has 1 aromatic rings. The highest BCUT2D eigenvalue weighted by molar-refractivity contribution is 6.31. The second-order valence-corrected chi connectivity index (χ2v) is 3.73. The predicted molar refractivity (Wildman–Crippen MR) is 55.1 cm³/mol. The summed E-state index contributed by atoms with van der Waals surface area (Å²) in [6, 6.07) is 5.72. The van der Waals surface area contributed by atoms with Gasteiger partial charge in [0.15, 0.2) is 0 Å². The van der Waals surface area contributed by atoms with E-state index >= 15 is 0 Å². The van der Waals surface area contributed by atoms with Crippen molar-refractivity contribution in [3.63, 3.8) is 0 Å². The summed E-state index contributed by atoms with van der Waals surface area (Å²) in [6.45, 7) is 4.91. The summed E-state index contributed by atoms with van der Waals surface area (Å²) < 4.78 is 0. The first-order chi connectivity index (χ1) is 6.09. The third-order valence-electron chi connectivity index (χ3n) is 1.72. The van der Waals surface area contributed by atoms with Gasteiger partial charge in [-0.15, -0.1) is 0 Å². The van der Waals surface area contributed by atoms with Crippen LogP contribution in [0.5, 0.6) is 5.75 Å². The first-order valence-corrected chi connectivity index (χ1v) is 4.68. The van der Waals surface area contributed by atoms with E-state index < -0.39 is 0 Å². The predicted octanol–water partition coefficient (Wildman–Crippen LogP) is 2.54. The molecule has 0 fully saturated rings. The number of halogens is 1. The molecular formula is C10H14ClNO. The van der Waals surface area contributed by atoms with Gasteiger partial charge < -0.3 is 10.4 Å². The van der Waals surface area contributed by atoms with Gasteiger partial charge in [-0.05, 0) is 17.7 Å². The highest BCUT2D eigenvalue weighted by Gasteiger charge is 2.00. The van der Waals surface area contributed by atoms with Crippen LogP contribution >= 0.6 is 11.6 Å². The summed E-state index contributed by atoms with van der Waals surface area (Å²) >= 11 is 5.67. The maximum absolute atomic E-state index is 9.31. The van der Waals surface area contributed by atoms with Crippen molar-refractivity contribution in [3.05, 3.63) is 28.8 Å². The summed E-state index contributed by atoms with van der Waals surface area (Å²) in [7, 11) is 0. The van der Waals surface area contributed by atoms with Crippen LogP contribution in [0.1, 0.15) is 19.4 Å². The minimum absolute atomic E-state index is 0.143. The van der Waals surface area contributed by atoms with E-state index in [-0.39, 0.29) is 5.75 Å². The molecule has 1 aromatic carbocycles. The second kappa shape index (κ2) is 4.49. The highest BCUT2D eigenvalue weighted by atomic mass is 35.5. The van der Waals surface area contributed by atoms with Gasteiger partial charge in [0, 0.05) is 12.6 Å². The molecule has 0 aliphatic rings. The Morgan fingerprint density at radius 3 is 2.69 bits per heavy atom. The Kier molecular flexibility index (Phi) is 3.58. The van der Waals surface area contributed by atoms with Gasteiger partial charge >= 0.3 is 0 Å². The average molecular weight is 200 g/mol. The smallest absolute Gasteiger partial charge is 0.134 e. The molecule has 0 aromatic heterocycles. The lowest BCUT2D eigenvalue weighted by atomic mass is 10.2. The Morgan fingerprint density at radius 1 is 1.46 bits per heavy atom. The van der Waals surface area contributed by atoms with Crippen molar-refractivity contribution in [3.8, 4) is 5.75 Å². The topological polar surface area (TPSA) is 32.3 Å². The molecule has 0 unspecified atom stereocenters. The Morgan fingerprint density at radius 2 is 2.15 bits per heavy atom. The molecule has 0 saturated carbocycles. The summed E-state index contributed by atoms with van der Waals surface area (Å²) in [5.41, 5.74) is 1.04. The molecule has 0 aliphatic heterocycles. The van der Waals surface area contributed by atoms with E-state index in [4.69, 9.17) is 11.6 Å². The normalized spacial score (nSPS) is 10.8. The van der Waals surface area contributed by atoms with Crippen molar-refractivity contribution < 1.29 is 5.11 Å². The van der Waals surface area contributed by atoms with E-state index in [1.54, 1.807) is 12.1 Å². The summed E-state index contributed by atoms with van der Waals surface area (Å²) in [5.74, 6) is 0.143. The third kappa shape index (κ3) is 3.25. The number of hydrogen-bond donors (Lipinski definition) is 2. The van der Waals surface area contributed by atoms with Crippen LogP contribution in [-0.2, 0) is 6.54 Å². The SMILES string of the molecule is CC(C)NCc1ccc(Cl)c(O)c1. The average Bonchev–Trinajstić information content (AvgIpc) is 2.07. The van der Waals surface area contributed by atoms with Crippen molar-refractivity contribution in [2.24, 2.45) is 0 Å². The molecule has 1 rings (SSSR count). The van der Waals surface area contributed by atoms with Gasteiger partial charge in [0.25, 0.3) is 0 Å². The van der Waals surface area contributed by atoms with Crippen molar-refractivity contribution >= 4 is 11.6 Å². The minimum Gasteiger partial charge on any atom is -0.506 e. The lowest BCUT2D eigenvalue weighted by Crippen LogP contribution is -2.21. The van der Waals surface area contributed by atoms with Crippen LogP contribution in [0.2, 0.25) is 5.02 Å². The molecule has 0 amide bonds. The Labute approximate surface area is 83.5 Å². The number of hydrogen-bond acceptors (Lipinski definition) is 2. The van der Waals surface area contributed by atoms with Gasteiger partial charge in [-0.3, -0.25) is 0 Å². The molecule has 0 aliphatic carbocycles. The Balaban J connectivity index is 2.63. The van der Waals surface area contributed by atoms with Gasteiger partial charge in [0.1, 0.15) is 5.75 Å². The zero-order valence-corrected chi connectivity index (χ0v) is 8.60. The van der Waals surface area contributed by atoms with E-state index in [1.165, 1.54) is 0 Å². The maximum atomic E-state index is 9.31. The van der Waals surface area contributed by atoms with E-state index in [9.17, 15) is 5.11 Å². The van der Waals surface area contributed by atoms with Crippen LogP contribution in [0.25, 0.3) is 0 Å². The number of phenolic OH excluding ortho intramolecular Hbond substituents is 1. The van der Waals surface area contributed by atoms with Crippen LogP contribution in [0.4, 0.5) is 0 Å². The monoisotopic (exact) mass is 199 g/mol. The molecule has 13 heavy (non-hydrogen) atoms. The van der Waals surface area contributed by atoms with Gasteiger partial charge in [-0.25, -0.2) is 0 Å². The van der Waals surface area contributed by atoms with Crippen molar-refractivity contribution in [1.29, 1.82) is 0 Å². The van der Waals surface area contributed by atoms with Crippen molar-refractivity contribution in [1.82, 2.24) is 5.32 Å². The van der Waals surface area contributed by atoms with Crippen LogP contribution < -0.4 is 5.32 Å². The summed E-state index contributed by atoms with van der Waals surface area (Å²) in [5, 5.41) is 13.0. The molecule has 2 nitrogen and oxygen atoms in total. The number of aromatic hydroxyl groups is 1. The molecule has 0 atom stereocenters. The van der Waals surface area contributed by atoms with E-state index in [0.29, 0.717) is 11.1 Å². The van der Waals surface area contributed by atoms with E-state index in [1.807, 2.05) is 6.07 Å². The first kappa shape index (κ1) is 10.4. The van der Waals surface area contributed by atoms with E-state index in [0.717, 1.165) is 12.1 Å². The minimum atomic E-state index is 0.143. The standard InChI is InChI=1S/C10H14ClNO/c1-7(2)12-6-8-3-4-9(11)10(13)5-8/h3-5,7,12-13H,6H2,1-2H3. The van der Waals surface area contributed by atoms with Crippen LogP contribution in [0.3, 0.4) is 0 Å². The maximum Gasteiger partial charge on any atom is 0.134 e. The molecule has 0 radical (unpaired) electrons. The Bertz CT molecular complexity index is 286. The zero-order chi connectivity index (χ0) is 9.84. The molecule has 72 valence electrons. The van der Waals surface area contributed by atoms with Gasteiger partial charge in [-0.1, -0.05) is 31.5 Å². The molecular weight excluding hydrogens is 186 g/mol. The van der Waals surface area contributed by atoms with Crippen molar-refractivity contribution in [2.75, 3.05) is 0 Å². The molecule has 0 spiro atoms. The fraction of sp³-hybridized carbons (Fsp3) is 0.400. The second-order valence-electron chi connectivity index (χ2n) is 3.32. The summed E-state index contributed by atoms with van der Waals surface area (Å²) in [4.78, 5) is 0. The number of phenols is 1. The zero-order valence-electron chi connectivity index (χ0n) is 7.84. The highest BCUT2D eigenvalue weighted by Crippen LogP contribution is 2.23. The summed E-state index contributed by atoms with van der Waals surface area (Å²) in [6.07, 6.45) is 0. The lowest BCUT2D eigenvalue weighted by Gasteiger charge is -2.08. The Hall–Kier alpha value is -0.730. The first-order valence-electron chi connectivity index (χ1n) is 4.30.